The number of aromatic nitrogens is 2. The topological polar surface area (TPSA) is 39.1 Å². The zero-order valence-corrected chi connectivity index (χ0v) is 12.7. The van der Waals surface area contributed by atoms with E-state index >= 15 is 0 Å². The largest absolute Gasteiger partial charge is 0.496 e. The van der Waals surface area contributed by atoms with E-state index in [1.54, 1.807) is 13.3 Å². The summed E-state index contributed by atoms with van der Waals surface area (Å²) in [6.45, 7) is 3.91. The predicted octanol–water partition coefficient (Wildman–Crippen LogP) is 2.83. The maximum absolute atomic E-state index is 5.22. The number of imidazole rings is 1. The number of nitrogens with one attached hydrogen (secondary N) is 1. The summed E-state index contributed by atoms with van der Waals surface area (Å²) in [4.78, 5) is 4.04. The maximum atomic E-state index is 5.22. The number of benzene rings is 1. The van der Waals surface area contributed by atoms with E-state index in [-0.39, 0.29) is 0 Å². The highest BCUT2D eigenvalue weighted by Crippen LogP contribution is 2.25. The normalized spacial score (nSPS) is 12.4. The minimum absolute atomic E-state index is 0.384. The Bertz CT molecular complexity index is 513. The first-order valence-corrected chi connectivity index (χ1v) is 7.00. The van der Waals surface area contributed by atoms with Crippen molar-refractivity contribution in [1.82, 2.24) is 14.9 Å². The van der Waals surface area contributed by atoms with E-state index < -0.39 is 0 Å². The van der Waals surface area contributed by atoms with Gasteiger partial charge in [0, 0.05) is 31.5 Å². The molecule has 0 saturated carbocycles. The van der Waals surface area contributed by atoms with E-state index in [4.69, 9.17) is 4.74 Å². The minimum Gasteiger partial charge on any atom is -0.496 e. The molecule has 0 saturated heterocycles. The fraction of sp³-hybridized carbons (Fsp3) is 0.357. The lowest BCUT2D eigenvalue weighted by molar-refractivity contribution is 0.411. The fourth-order valence-electron chi connectivity index (χ4n) is 1.89. The lowest BCUT2D eigenvalue weighted by Crippen LogP contribution is -2.29. The van der Waals surface area contributed by atoms with Gasteiger partial charge in [0.05, 0.1) is 17.9 Å². The SMILES string of the molecule is COc1ccc(CNC(C)Cn2ccnc2)cc1Br. The van der Waals surface area contributed by atoms with Crippen LogP contribution in [0.2, 0.25) is 0 Å². The molecule has 1 N–H and O–H groups in total. The summed E-state index contributed by atoms with van der Waals surface area (Å²) in [5.74, 6) is 0.857. The van der Waals surface area contributed by atoms with Gasteiger partial charge in [-0.3, -0.25) is 0 Å². The molecule has 1 atom stereocenters. The third-order valence-electron chi connectivity index (χ3n) is 2.91. The molecule has 1 heterocycles. The van der Waals surface area contributed by atoms with Crippen molar-refractivity contribution >= 4 is 15.9 Å². The fourth-order valence-corrected chi connectivity index (χ4v) is 2.48. The number of ether oxygens (including phenoxy) is 1. The Labute approximate surface area is 121 Å². The van der Waals surface area contributed by atoms with Gasteiger partial charge in [0.15, 0.2) is 0 Å². The van der Waals surface area contributed by atoms with E-state index in [0.29, 0.717) is 6.04 Å². The Morgan fingerprint density at radius 3 is 2.95 bits per heavy atom. The molecule has 1 aromatic carbocycles. The molecule has 102 valence electrons. The quantitative estimate of drug-likeness (QED) is 0.888. The number of hydrogen-bond acceptors (Lipinski definition) is 3. The van der Waals surface area contributed by atoms with Gasteiger partial charge in [-0.25, -0.2) is 4.98 Å². The molecule has 0 fully saturated rings. The molecule has 0 radical (unpaired) electrons. The Hall–Kier alpha value is -1.33. The molecule has 19 heavy (non-hydrogen) atoms. The van der Waals surface area contributed by atoms with E-state index in [1.165, 1.54) is 5.56 Å². The third kappa shape index (κ3) is 4.08. The summed E-state index contributed by atoms with van der Waals surface area (Å²) in [6, 6.07) is 6.51. The van der Waals surface area contributed by atoms with Crippen LogP contribution in [0, 0.1) is 0 Å². The van der Waals surface area contributed by atoms with E-state index in [0.717, 1.165) is 23.3 Å². The van der Waals surface area contributed by atoms with Crippen LogP contribution in [0.1, 0.15) is 12.5 Å². The highest BCUT2D eigenvalue weighted by molar-refractivity contribution is 9.10. The molecule has 4 nitrogen and oxygen atoms in total. The van der Waals surface area contributed by atoms with Gasteiger partial charge in [0.25, 0.3) is 0 Å². The average Bonchev–Trinajstić information content (AvgIpc) is 2.89. The van der Waals surface area contributed by atoms with Crippen LogP contribution >= 0.6 is 15.9 Å². The lowest BCUT2D eigenvalue weighted by atomic mass is 10.2. The van der Waals surface area contributed by atoms with Crippen LogP contribution in [0.4, 0.5) is 0 Å². The monoisotopic (exact) mass is 323 g/mol. The zero-order chi connectivity index (χ0) is 13.7. The number of rotatable bonds is 6. The number of methoxy groups -OCH3 is 1. The summed E-state index contributed by atoms with van der Waals surface area (Å²) >= 11 is 3.50. The van der Waals surface area contributed by atoms with Gasteiger partial charge in [-0.1, -0.05) is 6.07 Å². The number of halogens is 1. The number of nitrogens with zero attached hydrogens (tertiary/aromatic N) is 2. The van der Waals surface area contributed by atoms with Gasteiger partial charge in [-0.15, -0.1) is 0 Å². The Morgan fingerprint density at radius 1 is 1.47 bits per heavy atom. The summed E-state index contributed by atoms with van der Waals surface area (Å²) in [5, 5.41) is 3.49. The van der Waals surface area contributed by atoms with Crippen molar-refractivity contribution in [1.29, 1.82) is 0 Å². The van der Waals surface area contributed by atoms with Gasteiger partial charge in [0.1, 0.15) is 5.75 Å². The molecule has 1 aromatic heterocycles. The first-order valence-electron chi connectivity index (χ1n) is 6.20. The van der Waals surface area contributed by atoms with Gasteiger partial charge < -0.3 is 14.6 Å². The molecular formula is C14H18BrN3O. The molecule has 2 aromatic rings. The smallest absolute Gasteiger partial charge is 0.133 e. The van der Waals surface area contributed by atoms with Crippen LogP contribution in [0.15, 0.2) is 41.4 Å². The van der Waals surface area contributed by atoms with Crippen molar-refractivity contribution in [3.63, 3.8) is 0 Å². The van der Waals surface area contributed by atoms with E-state index in [9.17, 15) is 0 Å². The first-order chi connectivity index (χ1) is 9.19. The molecule has 0 aliphatic carbocycles. The molecule has 5 heteroatoms. The molecule has 0 amide bonds. The van der Waals surface area contributed by atoms with Gasteiger partial charge in [0.2, 0.25) is 0 Å². The standard InChI is InChI=1S/C14H18BrN3O/c1-11(9-18-6-5-16-10-18)17-8-12-3-4-14(19-2)13(15)7-12/h3-7,10-11,17H,8-9H2,1-2H3. The highest BCUT2D eigenvalue weighted by atomic mass is 79.9. The Balaban J connectivity index is 1.86. The van der Waals surface area contributed by atoms with E-state index in [2.05, 4.69) is 49.9 Å². The third-order valence-corrected chi connectivity index (χ3v) is 3.53. The van der Waals surface area contributed by atoms with Crippen molar-refractivity contribution in [2.75, 3.05) is 7.11 Å². The van der Waals surface area contributed by atoms with Crippen LogP contribution in [0.3, 0.4) is 0 Å². The zero-order valence-electron chi connectivity index (χ0n) is 11.1. The Kier molecular flexibility index (Phi) is 4.99. The Morgan fingerprint density at radius 2 is 2.32 bits per heavy atom. The van der Waals surface area contributed by atoms with Crippen molar-refractivity contribution < 1.29 is 4.74 Å². The van der Waals surface area contributed by atoms with Crippen molar-refractivity contribution in [2.45, 2.75) is 26.1 Å². The summed E-state index contributed by atoms with van der Waals surface area (Å²) in [7, 11) is 1.67. The average molecular weight is 324 g/mol. The van der Waals surface area contributed by atoms with Crippen molar-refractivity contribution in [2.24, 2.45) is 0 Å². The first kappa shape index (κ1) is 14.1. The van der Waals surface area contributed by atoms with Gasteiger partial charge in [-0.05, 0) is 40.5 Å². The molecule has 0 aliphatic heterocycles. The summed E-state index contributed by atoms with van der Waals surface area (Å²) in [6.07, 6.45) is 5.61. The van der Waals surface area contributed by atoms with Crippen LogP contribution in [-0.2, 0) is 13.1 Å². The van der Waals surface area contributed by atoms with Crippen LogP contribution in [0.5, 0.6) is 5.75 Å². The lowest BCUT2D eigenvalue weighted by Gasteiger charge is -2.15. The summed E-state index contributed by atoms with van der Waals surface area (Å²) in [5.41, 5.74) is 1.23. The number of hydrogen-bond donors (Lipinski definition) is 1. The molecule has 2 rings (SSSR count). The van der Waals surface area contributed by atoms with Crippen LogP contribution in [-0.4, -0.2) is 22.7 Å². The van der Waals surface area contributed by atoms with Gasteiger partial charge in [-0.2, -0.15) is 0 Å². The molecule has 1 unspecified atom stereocenters. The van der Waals surface area contributed by atoms with Crippen molar-refractivity contribution in [3.8, 4) is 5.75 Å². The van der Waals surface area contributed by atoms with Gasteiger partial charge >= 0.3 is 0 Å². The summed E-state index contributed by atoms with van der Waals surface area (Å²) < 4.78 is 8.27. The van der Waals surface area contributed by atoms with E-state index in [1.807, 2.05) is 18.6 Å². The van der Waals surface area contributed by atoms with Crippen LogP contribution in [0.25, 0.3) is 0 Å². The predicted molar refractivity (Wildman–Crippen MR) is 79.2 cm³/mol. The molecular weight excluding hydrogens is 306 g/mol. The van der Waals surface area contributed by atoms with Crippen molar-refractivity contribution in [3.05, 3.63) is 47.0 Å². The second kappa shape index (κ2) is 6.73. The molecule has 0 spiro atoms. The second-order valence-electron chi connectivity index (χ2n) is 4.51. The van der Waals surface area contributed by atoms with Crippen LogP contribution < -0.4 is 10.1 Å². The maximum Gasteiger partial charge on any atom is 0.133 e. The molecule has 0 bridgehead atoms. The highest BCUT2D eigenvalue weighted by Gasteiger charge is 2.04. The second-order valence-corrected chi connectivity index (χ2v) is 5.36. The molecule has 0 aliphatic rings. The minimum atomic E-state index is 0.384.